The lowest BCUT2D eigenvalue weighted by molar-refractivity contribution is 0.261. The molecule has 0 fully saturated rings. The molecule has 0 spiro atoms. The van der Waals surface area contributed by atoms with Crippen LogP contribution in [0.5, 0.6) is 11.5 Å². The van der Waals surface area contributed by atoms with Gasteiger partial charge in [-0.05, 0) is 29.8 Å². The van der Waals surface area contributed by atoms with Crippen LogP contribution in [0.3, 0.4) is 0 Å². The Morgan fingerprint density at radius 3 is 2.56 bits per heavy atom. The van der Waals surface area contributed by atoms with Gasteiger partial charge in [-0.2, -0.15) is 0 Å². The topological polar surface area (TPSA) is 98.5 Å². The molecule has 3 aromatic rings. The fraction of sp³-hybridized carbons (Fsp3) is 0.167. The van der Waals surface area contributed by atoms with Crippen molar-refractivity contribution in [2.75, 3.05) is 24.9 Å². The number of aromatic nitrogens is 2. The Bertz CT molecular complexity index is 927. The highest BCUT2D eigenvalue weighted by Crippen LogP contribution is 2.29. The molecule has 2 N–H and O–H groups in total. The average molecular weight is 372 g/mol. The largest absolute Gasteiger partial charge is 0.497 e. The minimum Gasteiger partial charge on any atom is -0.497 e. The molecule has 0 aliphatic heterocycles. The van der Waals surface area contributed by atoms with E-state index in [1.807, 2.05) is 0 Å². The number of halogens is 1. The van der Waals surface area contributed by atoms with E-state index in [4.69, 9.17) is 13.9 Å². The van der Waals surface area contributed by atoms with Crippen LogP contribution in [0.2, 0.25) is 0 Å². The quantitative estimate of drug-likeness (QED) is 0.688. The minimum absolute atomic E-state index is 0.0582. The number of carbonyl (C=O) groups excluding carboxylic acids is 1. The molecule has 0 aliphatic carbocycles. The third kappa shape index (κ3) is 4.72. The predicted octanol–water partition coefficient (Wildman–Crippen LogP) is 3.46. The van der Waals surface area contributed by atoms with Gasteiger partial charge in [0.2, 0.25) is 5.89 Å². The van der Waals surface area contributed by atoms with E-state index < -0.39 is 6.03 Å². The number of ether oxygens (including phenoxy) is 2. The summed E-state index contributed by atoms with van der Waals surface area (Å²) in [6, 6.07) is 10.3. The Kier molecular flexibility index (Phi) is 5.50. The maximum atomic E-state index is 12.9. The summed E-state index contributed by atoms with van der Waals surface area (Å²) in [5.41, 5.74) is 1.25. The number of hydrogen-bond donors (Lipinski definition) is 2. The van der Waals surface area contributed by atoms with E-state index in [9.17, 15) is 9.18 Å². The van der Waals surface area contributed by atoms with Crippen molar-refractivity contribution in [2.24, 2.45) is 0 Å². The number of methoxy groups -OCH3 is 2. The molecule has 0 atom stereocenters. The second-order valence-corrected chi connectivity index (χ2v) is 5.45. The van der Waals surface area contributed by atoms with E-state index in [0.717, 1.165) is 5.56 Å². The molecular formula is C18H17FN4O4. The number of amides is 2. The van der Waals surface area contributed by atoms with E-state index in [-0.39, 0.29) is 11.8 Å². The molecule has 2 amide bonds. The summed E-state index contributed by atoms with van der Waals surface area (Å²) in [4.78, 5) is 12.1. The second kappa shape index (κ2) is 8.17. The SMILES string of the molecule is COc1ccc(NC(=O)Nc2nnc(Cc3ccc(F)cc3)o2)c(OC)c1. The Labute approximate surface area is 154 Å². The van der Waals surface area contributed by atoms with Gasteiger partial charge in [0.1, 0.15) is 17.3 Å². The maximum Gasteiger partial charge on any atom is 0.327 e. The van der Waals surface area contributed by atoms with Gasteiger partial charge >= 0.3 is 12.0 Å². The lowest BCUT2D eigenvalue weighted by atomic mass is 10.1. The van der Waals surface area contributed by atoms with Crippen molar-refractivity contribution in [1.29, 1.82) is 0 Å². The molecule has 0 saturated carbocycles. The van der Waals surface area contributed by atoms with Crippen molar-refractivity contribution in [3.63, 3.8) is 0 Å². The number of anilines is 2. The minimum atomic E-state index is -0.574. The summed E-state index contributed by atoms with van der Waals surface area (Å²) < 4.78 is 28.6. The Hall–Kier alpha value is -3.62. The molecule has 0 aliphatic rings. The molecule has 3 rings (SSSR count). The molecular weight excluding hydrogens is 355 g/mol. The molecule has 27 heavy (non-hydrogen) atoms. The second-order valence-electron chi connectivity index (χ2n) is 5.45. The van der Waals surface area contributed by atoms with Gasteiger partial charge in [0.15, 0.2) is 0 Å². The molecule has 1 heterocycles. The maximum absolute atomic E-state index is 12.9. The zero-order valence-electron chi connectivity index (χ0n) is 14.7. The zero-order chi connectivity index (χ0) is 19.2. The van der Waals surface area contributed by atoms with Crippen molar-refractivity contribution < 1.29 is 23.1 Å². The van der Waals surface area contributed by atoms with Crippen LogP contribution in [0.4, 0.5) is 20.9 Å². The van der Waals surface area contributed by atoms with Gasteiger partial charge < -0.3 is 19.2 Å². The molecule has 1 aromatic heterocycles. The molecule has 9 heteroatoms. The fourth-order valence-electron chi connectivity index (χ4n) is 2.30. The van der Waals surface area contributed by atoms with E-state index in [1.54, 1.807) is 30.3 Å². The van der Waals surface area contributed by atoms with Gasteiger partial charge in [0.25, 0.3) is 0 Å². The lowest BCUT2D eigenvalue weighted by Crippen LogP contribution is -2.20. The van der Waals surface area contributed by atoms with Crippen LogP contribution < -0.4 is 20.1 Å². The first-order valence-electron chi connectivity index (χ1n) is 7.94. The van der Waals surface area contributed by atoms with Gasteiger partial charge in [-0.3, -0.25) is 5.32 Å². The third-order valence-electron chi connectivity index (χ3n) is 3.61. The normalized spacial score (nSPS) is 10.3. The van der Waals surface area contributed by atoms with Crippen molar-refractivity contribution in [3.05, 3.63) is 59.7 Å². The van der Waals surface area contributed by atoms with Crippen LogP contribution in [-0.2, 0) is 6.42 Å². The van der Waals surface area contributed by atoms with E-state index in [0.29, 0.717) is 29.5 Å². The van der Waals surface area contributed by atoms with Crippen LogP contribution >= 0.6 is 0 Å². The van der Waals surface area contributed by atoms with E-state index >= 15 is 0 Å². The van der Waals surface area contributed by atoms with Crippen LogP contribution in [0.1, 0.15) is 11.5 Å². The summed E-state index contributed by atoms with van der Waals surface area (Å²) in [5.74, 6) is 1.00. The average Bonchev–Trinajstić information content (AvgIpc) is 3.10. The molecule has 0 radical (unpaired) electrons. The number of rotatable bonds is 6. The first-order chi connectivity index (χ1) is 13.1. The first kappa shape index (κ1) is 18.2. The standard InChI is InChI=1S/C18H17FN4O4/c1-25-13-7-8-14(15(10-13)26-2)20-17(24)21-18-23-22-16(27-18)9-11-3-5-12(19)6-4-11/h3-8,10H,9H2,1-2H3,(H2,20,21,23,24). The van der Waals surface area contributed by atoms with Crippen LogP contribution in [-0.4, -0.2) is 30.4 Å². The van der Waals surface area contributed by atoms with Crippen molar-refractivity contribution in [2.45, 2.75) is 6.42 Å². The van der Waals surface area contributed by atoms with Gasteiger partial charge in [0.05, 0.1) is 26.3 Å². The van der Waals surface area contributed by atoms with Crippen molar-refractivity contribution in [1.82, 2.24) is 10.2 Å². The molecule has 2 aromatic carbocycles. The Morgan fingerprint density at radius 1 is 1.07 bits per heavy atom. The zero-order valence-corrected chi connectivity index (χ0v) is 14.7. The van der Waals surface area contributed by atoms with Gasteiger partial charge in [0, 0.05) is 6.07 Å². The van der Waals surface area contributed by atoms with Gasteiger partial charge in [-0.15, -0.1) is 5.10 Å². The summed E-state index contributed by atoms with van der Waals surface area (Å²) in [5, 5.41) is 12.7. The number of hydrogen-bond acceptors (Lipinski definition) is 6. The van der Waals surface area contributed by atoms with Crippen molar-refractivity contribution >= 4 is 17.7 Å². The van der Waals surface area contributed by atoms with Crippen LogP contribution in [0.25, 0.3) is 0 Å². The smallest absolute Gasteiger partial charge is 0.327 e. The Morgan fingerprint density at radius 2 is 1.85 bits per heavy atom. The number of nitrogens with zero attached hydrogens (tertiary/aromatic N) is 2. The monoisotopic (exact) mass is 372 g/mol. The third-order valence-corrected chi connectivity index (χ3v) is 3.61. The van der Waals surface area contributed by atoms with Crippen LogP contribution in [0, 0.1) is 5.82 Å². The molecule has 0 unspecified atom stereocenters. The molecule has 8 nitrogen and oxygen atoms in total. The van der Waals surface area contributed by atoms with E-state index in [1.165, 1.54) is 26.4 Å². The molecule has 0 bridgehead atoms. The highest BCUT2D eigenvalue weighted by molar-refractivity contribution is 5.99. The summed E-state index contributed by atoms with van der Waals surface area (Å²) in [7, 11) is 3.02. The lowest BCUT2D eigenvalue weighted by Gasteiger charge is -2.11. The van der Waals surface area contributed by atoms with E-state index in [2.05, 4.69) is 20.8 Å². The molecule has 0 saturated heterocycles. The van der Waals surface area contributed by atoms with Crippen LogP contribution in [0.15, 0.2) is 46.9 Å². The highest BCUT2D eigenvalue weighted by Gasteiger charge is 2.13. The number of urea groups is 1. The number of benzene rings is 2. The number of nitrogens with one attached hydrogen (secondary N) is 2. The highest BCUT2D eigenvalue weighted by atomic mass is 19.1. The van der Waals surface area contributed by atoms with Gasteiger partial charge in [-0.25, -0.2) is 9.18 Å². The van der Waals surface area contributed by atoms with Crippen molar-refractivity contribution in [3.8, 4) is 11.5 Å². The van der Waals surface area contributed by atoms with Gasteiger partial charge in [-0.1, -0.05) is 17.2 Å². The number of carbonyl (C=O) groups is 1. The predicted molar refractivity (Wildman–Crippen MR) is 95.7 cm³/mol. The summed E-state index contributed by atoms with van der Waals surface area (Å²) in [6.07, 6.45) is 0.322. The molecule has 140 valence electrons. The fourth-order valence-corrected chi connectivity index (χ4v) is 2.30. The Balaban J connectivity index is 1.61. The summed E-state index contributed by atoms with van der Waals surface area (Å²) in [6.45, 7) is 0. The first-order valence-corrected chi connectivity index (χ1v) is 7.94. The summed E-state index contributed by atoms with van der Waals surface area (Å²) >= 11 is 0.